The van der Waals surface area contributed by atoms with E-state index in [0.717, 1.165) is 12.2 Å². The lowest BCUT2D eigenvalue weighted by atomic mass is 9.86. The first-order valence-electron chi connectivity index (χ1n) is 4.91. The topological polar surface area (TPSA) is 27.0 Å². The second kappa shape index (κ2) is 3.15. The van der Waals surface area contributed by atoms with Crippen molar-refractivity contribution in [3.05, 3.63) is 28.3 Å². The first kappa shape index (κ1) is 10.3. The molecule has 0 aliphatic carbocycles. The van der Waals surface area contributed by atoms with Gasteiger partial charge in [0, 0.05) is 24.7 Å². The van der Waals surface area contributed by atoms with Crippen LogP contribution in [0.2, 0.25) is 5.02 Å². The molecule has 0 saturated carbocycles. The Balaban J connectivity index is 2.67. The summed E-state index contributed by atoms with van der Waals surface area (Å²) in [5.41, 5.74) is 3.02. The molecule has 0 N–H and O–H groups in total. The molecular weight excluding hydrogens is 208 g/mol. The zero-order valence-electron chi connectivity index (χ0n) is 9.13. The largest absolute Gasteiger partial charge is 0.373 e. The van der Waals surface area contributed by atoms with Crippen LogP contribution in [-0.2, 0) is 5.41 Å². The van der Waals surface area contributed by atoms with Crippen LogP contribution in [0.1, 0.15) is 25.0 Å². The minimum Gasteiger partial charge on any atom is -0.373 e. The van der Waals surface area contributed by atoms with Crippen molar-refractivity contribution in [2.75, 3.05) is 18.5 Å². The molecule has 0 amide bonds. The highest BCUT2D eigenvalue weighted by molar-refractivity contribution is 6.32. The lowest BCUT2D eigenvalue weighted by molar-refractivity contribution is 0.563. The number of likely N-dealkylation sites (N-methyl/N-ethyl adjacent to an activating group) is 1. The van der Waals surface area contributed by atoms with E-state index < -0.39 is 0 Å². The molecule has 2 nitrogen and oxygen atoms in total. The predicted molar refractivity (Wildman–Crippen MR) is 62.5 cm³/mol. The van der Waals surface area contributed by atoms with Crippen LogP contribution in [0.15, 0.2) is 12.1 Å². The molecule has 1 aliphatic rings. The molecular formula is C12H13ClN2. The van der Waals surface area contributed by atoms with Crippen molar-refractivity contribution in [2.45, 2.75) is 19.3 Å². The summed E-state index contributed by atoms with van der Waals surface area (Å²) in [7, 11) is 2.04. The van der Waals surface area contributed by atoms with Gasteiger partial charge < -0.3 is 4.90 Å². The maximum absolute atomic E-state index is 8.91. The van der Waals surface area contributed by atoms with Gasteiger partial charge in [-0.25, -0.2) is 0 Å². The highest BCUT2D eigenvalue weighted by Crippen LogP contribution is 2.41. The van der Waals surface area contributed by atoms with Gasteiger partial charge in [0.2, 0.25) is 0 Å². The Kier molecular flexibility index (Phi) is 2.17. The van der Waals surface area contributed by atoms with E-state index in [-0.39, 0.29) is 5.41 Å². The monoisotopic (exact) mass is 220 g/mol. The minimum absolute atomic E-state index is 0.113. The van der Waals surface area contributed by atoms with E-state index in [1.54, 1.807) is 0 Å². The van der Waals surface area contributed by atoms with Crippen LogP contribution in [0.5, 0.6) is 0 Å². The molecule has 3 heteroatoms. The maximum Gasteiger partial charge on any atom is 0.101 e. The molecule has 0 atom stereocenters. The number of benzene rings is 1. The van der Waals surface area contributed by atoms with E-state index in [2.05, 4.69) is 24.8 Å². The number of hydrogen-bond acceptors (Lipinski definition) is 2. The Labute approximate surface area is 95.1 Å². The molecule has 0 bridgehead atoms. The number of rotatable bonds is 0. The summed E-state index contributed by atoms with van der Waals surface area (Å²) in [6, 6.07) is 5.93. The molecule has 0 unspecified atom stereocenters. The van der Waals surface area contributed by atoms with Gasteiger partial charge >= 0.3 is 0 Å². The van der Waals surface area contributed by atoms with Gasteiger partial charge in [-0.3, -0.25) is 0 Å². The molecule has 1 aromatic carbocycles. The van der Waals surface area contributed by atoms with Crippen LogP contribution in [0.3, 0.4) is 0 Å². The van der Waals surface area contributed by atoms with Gasteiger partial charge in [0.1, 0.15) is 6.07 Å². The summed E-state index contributed by atoms with van der Waals surface area (Å²) in [6.07, 6.45) is 0. The number of anilines is 1. The zero-order valence-corrected chi connectivity index (χ0v) is 9.89. The molecule has 0 saturated heterocycles. The van der Waals surface area contributed by atoms with E-state index >= 15 is 0 Å². The number of hydrogen-bond donors (Lipinski definition) is 0. The maximum atomic E-state index is 8.91. The zero-order chi connectivity index (χ0) is 11.2. The Morgan fingerprint density at radius 3 is 2.73 bits per heavy atom. The third kappa shape index (κ3) is 1.48. The van der Waals surface area contributed by atoms with Gasteiger partial charge in [0.15, 0.2) is 0 Å². The fraction of sp³-hybridized carbons (Fsp3) is 0.417. The van der Waals surface area contributed by atoms with Crippen molar-refractivity contribution in [3.63, 3.8) is 0 Å². The van der Waals surface area contributed by atoms with Crippen LogP contribution in [0.25, 0.3) is 0 Å². The van der Waals surface area contributed by atoms with Crippen molar-refractivity contribution in [3.8, 4) is 6.07 Å². The number of nitriles is 1. The molecule has 2 rings (SSSR count). The van der Waals surface area contributed by atoms with Crippen LogP contribution in [-0.4, -0.2) is 13.6 Å². The van der Waals surface area contributed by atoms with E-state index in [4.69, 9.17) is 16.9 Å². The molecule has 1 aliphatic heterocycles. The summed E-state index contributed by atoms with van der Waals surface area (Å²) < 4.78 is 0. The van der Waals surface area contributed by atoms with E-state index in [9.17, 15) is 0 Å². The van der Waals surface area contributed by atoms with Crippen LogP contribution < -0.4 is 4.90 Å². The second-order valence-electron chi connectivity index (χ2n) is 4.70. The Hall–Kier alpha value is -1.20. The number of nitrogens with zero attached hydrogens (tertiary/aromatic N) is 2. The van der Waals surface area contributed by atoms with E-state index in [1.165, 1.54) is 5.56 Å². The van der Waals surface area contributed by atoms with Gasteiger partial charge in [-0.2, -0.15) is 5.26 Å². The quantitative estimate of drug-likeness (QED) is 0.672. The lowest BCUT2D eigenvalue weighted by Gasteiger charge is -2.18. The second-order valence-corrected chi connectivity index (χ2v) is 5.11. The van der Waals surface area contributed by atoms with Crippen LogP contribution in [0.4, 0.5) is 5.69 Å². The van der Waals surface area contributed by atoms with Gasteiger partial charge in [-0.1, -0.05) is 25.4 Å². The van der Waals surface area contributed by atoms with Crippen molar-refractivity contribution in [1.82, 2.24) is 0 Å². The summed E-state index contributed by atoms with van der Waals surface area (Å²) in [6.45, 7) is 5.35. The third-order valence-corrected chi connectivity index (χ3v) is 3.29. The summed E-state index contributed by atoms with van der Waals surface area (Å²) >= 11 is 6.04. The molecule has 15 heavy (non-hydrogen) atoms. The van der Waals surface area contributed by atoms with E-state index in [0.29, 0.717) is 10.6 Å². The van der Waals surface area contributed by atoms with Gasteiger partial charge in [0.05, 0.1) is 10.6 Å². The van der Waals surface area contributed by atoms with Gasteiger partial charge in [-0.05, 0) is 17.7 Å². The normalized spacial score (nSPS) is 17.4. The Bertz CT molecular complexity index is 457. The molecule has 1 aromatic rings. The Morgan fingerprint density at radius 2 is 2.13 bits per heavy atom. The molecule has 0 fully saturated rings. The van der Waals surface area contributed by atoms with Crippen molar-refractivity contribution in [2.24, 2.45) is 0 Å². The highest BCUT2D eigenvalue weighted by atomic mass is 35.5. The number of fused-ring (bicyclic) bond motifs is 1. The third-order valence-electron chi connectivity index (χ3n) is 2.98. The SMILES string of the molecule is CN1CC(C)(C)c2cc(Cl)c(C#N)cc21. The Morgan fingerprint density at radius 1 is 1.47 bits per heavy atom. The fourth-order valence-electron chi connectivity index (χ4n) is 2.27. The average molecular weight is 221 g/mol. The molecule has 0 radical (unpaired) electrons. The molecule has 0 aromatic heterocycles. The summed E-state index contributed by atoms with van der Waals surface area (Å²) in [4.78, 5) is 2.17. The van der Waals surface area contributed by atoms with Crippen LogP contribution >= 0.6 is 11.6 Å². The number of halogens is 1. The van der Waals surface area contributed by atoms with Crippen molar-refractivity contribution >= 4 is 17.3 Å². The van der Waals surface area contributed by atoms with Gasteiger partial charge in [-0.15, -0.1) is 0 Å². The van der Waals surface area contributed by atoms with Gasteiger partial charge in [0.25, 0.3) is 0 Å². The summed E-state index contributed by atoms with van der Waals surface area (Å²) in [5, 5.41) is 9.47. The lowest BCUT2D eigenvalue weighted by Crippen LogP contribution is -2.24. The first-order chi connectivity index (χ1) is 6.95. The van der Waals surface area contributed by atoms with Crippen molar-refractivity contribution in [1.29, 1.82) is 5.26 Å². The molecule has 1 heterocycles. The first-order valence-corrected chi connectivity index (χ1v) is 5.29. The van der Waals surface area contributed by atoms with Crippen LogP contribution in [0, 0.1) is 11.3 Å². The predicted octanol–water partition coefficient (Wildman–Crippen LogP) is 2.94. The smallest absolute Gasteiger partial charge is 0.101 e. The fourth-order valence-corrected chi connectivity index (χ4v) is 2.47. The summed E-state index contributed by atoms with van der Waals surface area (Å²) in [5.74, 6) is 0. The minimum atomic E-state index is 0.113. The molecule has 78 valence electrons. The highest BCUT2D eigenvalue weighted by Gasteiger charge is 2.33. The molecule has 0 spiro atoms. The van der Waals surface area contributed by atoms with E-state index in [1.807, 2.05) is 19.2 Å². The average Bonchev–Trinajstić information content (AvgIpc) is 2.36. The van der Waals surface area contributed by atoms with Crippen molar-refractivity contribution < 1.29 is 0 Å². The standard InChI is InChI=1S/C12H13ClN2/c1-12(2)7-15(3)11-4-8(6-14)10(13)5-9(11)12/h4-5H,7H2,1-3H3.